The van der Waals surface area contributed by atoms with Crippen LogP contribution >= 0.6 is 0 Å². The molecule has 0 aliphatic rings. The van der Waals surface area contributed by atoms with E-state index in [0.717, 1.165) is 12.0 Å². The minimum absolute atomic E-state index is 0.0877. The highest BCUT2D eigenvalue weighted by atomic mass is 16.5. The molecule has 0 heterocycles. The number of carbonyl (C=O) groups excluding carboxylic acids is 2. The molecule has 1 amide bonds. The van der Waals surface area contributed by atoms with E-state index in [0.29, 0.717) is 17.7 Å². The zero-order chi connectivity index (χ0) is 17.4. The second-order valence-corrected chi connectivity index (χ2v) is 5.43. The summed E-state index contributed by atoms with van der Waals surface area (Å²) in [5.74, 6) is -0.892. The van der Waals surface area contributed by atoms with Crippen molar-refractivity contribution in [2.24, 2.45) is 0 Å². The van der Waals surface area contributed by atoms with Crippen molar-refractivity contribution in [3.05, 3.63) is 71.3 Å². The minimum atomic E-state index is -0.870. The van der Waals surface area contributed by atoms with Gasteiger partial charge in [0, 0.05) is 6.54 Å². The summed E-state index contributed by atoms with van der Waals surface area (Å²) < 4.78 is 5.16. The van der Waals surface area contributed by atoms with E-state index >= 15 is 0 Å². The van der Waals surface area contributed by atoms with E-state index in [2.05, 4.69) is 5.32 Å². The van der Waals surface area contributed by atoms with Crippen LogP contribution in [0, 0.1) is 0 Å². The highest BCUT2D eigenvalue weighted by Crippen LogP contribution is 2.07. The maximum Gasteiger partial charge on any atom is 0.338 e. The average molecular weight is 327 g/mol. The summed E-state index contributed by atoms with van der Waals surface area (Å²) in [5.41, 5.74) is 2.18. The molecule has 0 bridgehead atoms. The molecule has 126 valence electrons. The third kappa shape index (κ3) is 5.21. The van der Waals surface area contributed by atoms with Crippen molar-refractivity contribution >= 4 is 11.9 Å². The molecule has 0 aliphatic carbocycles. The number of benzene rings is 2. The van der Waals surface area contributed by atoms with E-state index in [1.807, 2.05) is 30.3 Å². The lowest BCUT2D eigenvalue weighted by Crippen LogP contribution is -2.36. The molecule has 5 heteroatoms. The van der Waals surface area contributed by atoms with Gasteiger partial charge in [-0.2, -0.15) is 0 Å². The van der Waals surface area contributed by atoms with Gasteiger partial charge in [0.15, 0.2) is 6.10 Å². The average Bonchev–Trinajstić information content (AvgIpc) is 2.62. The van der Waals surface area contributed by atoms with Gasteiger partial charge < -0.3 is 15.2 Å². The molecular weight excluding hydrogens is 306 g/mol. The molecule has 2 aromatic carbocycles. The van der Waals surface area contributed by atoms with Crippen molar-refractivity contribution in [1.29, 1.82) is 0 Å². The molecule has 2 N–H and O–H groups in total. The molecule has 2 rings (SSSR count). The number of amides is 1. The Balaban J connectivity index is 1.78. The van der Waals surface area contributed by atoms with Crippen molar-refractivity contribution < 1.29 is 19.4 Å². The van der Waals surface area contributed by atoms with Crippen LogP contribution in [0.2, 0.25) is 0 Å². The van der Waals surface area contributed by atoms with E-state index in [4.69, 9.17) is 9.84 Å². The standard InChI is InChI=1S/C19H21NO4/c1-14(18(22)20-12-11-15-5-3-2-4-6-15)24-19(23)17-9-7-16(13-21)8-10-17/h2-10,14,21H,11-13H2,1H3,(H,20,22)/t14-/m1/s1. The van der Waals surface area contributed by atoms with E-state index in [9.17, 15) is 9.59 Å². The summed E-state index contributed by atoms with van der Waals surface area (Å²) in [6.45, 7) is 1.93. The van der Waals surface area contributed by atoms with Crippen LogP contribution in [0.3, 0.4) is 0 Å². The van der Waals surface area contributed by atoms with Gasteiger partial charge in [-0.3, -0.25) is 4.79 Å². The lowest BCUT2D eigenvalue weighted by atomic mass is 10.1. The Kier molecular flexibility index (Phi) is 6.51. The minimum Gasteiger partial charge on any atom is -0.449 e. The summed E-state index contributed by atoms with van der Waals surface area (Å²) in [6.07, 6.45) is -0.152. The first kappa shape index (κ1) is 17.7. The number of aliphatic hydroxyl groups excluding tert-OH is 1. The fourth-order valence-corrected chi connectivity index (χ4v) is 2.15. The van der Waals surface area contributed by atoms with Crippen LogP contribution in [0.25, 0.3) is 0 Å². The summed E-state index contributed by atoms with van der Waals surface area (Å²) in [7, 11) is 0. The van der Waals surface area contributed by atoms with Gasteiger partial charge in [-0.25, -0.2) is 4.79 Å². The number of aliphatic hydroxyl groups is 1. The quantitative estimate of drug-likeness (QED) is 0.764. The van der Waals surface area contributed by atoms with Gasteiger partial charge in [-0.1, -0.05) is 42.5 Å². The van der Waals surface area contributed by atoms with Gasteiger partial charge in [-0.15, -0.1) is 0 Å². The predicted octanol–water partition coefficient (Wildman–Crippen LogP) is 2.08. The van der Waals surface area contributed by atoms with E-state index in [1.54, 1.807) is 24.3 Å². The fraction of sp³-hybridized carbons (Fsp3) is 0.263. The van der Waals surface area contributed by atoms with Crippen molar-refractivity contribution in [2.45, 2.75) is 26.1 Å². The van der Waals surface area contributed by atoms with Gasteiger partial charge in [0.1, 0.15) is 0 Å². The summed E-state index contributed by atoms with van der Waals surface area (Å²) >= 11 is 0. The third-order valence-corrected chi connectivity index (χ3v) is 3.58. The number of nitrogens with one attached hydrogen (secondary N) is 1. The number of hydrogen-bond acceptors (Lipinski definition) is 4. The highest BCUT2D eigenvalue weighted by molar-refractivity contribution is 5.92. The van der Waals surface area contributed by atoms with E-state index < -0.39 is 12.1 Å². The second kappa shape index (κ2) is 8.84. The van der Waals surface area contributed by atoms with E-state index in [-0.39, 0.29) is 12.5 Å². The lowest BCUT2D eigenvalue weighted by Gasteiger charge is -2.13. The van der Waals surface area contributed by atoms with Gasteiger partial charge in [0.05, 0.1) is 12.2 Å². The topological polar surface area (TPSA) is 75.6 Å². The van der Waals surface area contributed by atoms with Gasteiger partial charge in [0.25, 0.3) is 5.91 Å². The number of carbonyl (C=O) groups is 2. The number of hydrogen-bond donors (Lipinski definition) is 2. The monoisotopic (exact) mass is 327 g/mol. The Morgan fingerprint density at radius 1 is 1.04 bits per heavy atom. The van der Waals surface area contributed by atoms with Crippen molar-refractivity contribution in [1.82, 2.24) is 5.32 Å². The number of rotatable bonds is 7. The maximum absolute atomic E-state index is 12.0. The Hall–Kier alpha value is -2.66. The van der Waals surface area contributed by atoms with Crippen LogP contribution in [-0.4, -0.2) is 29.6 Å². The first-order valence-electron chi connectivity index (χ1n) is 7.82. The van der Waals surface area contributed by atoms with Crippen LogP contribution in [0.15, 0.2) is 54.6 Å². The van der Waals surface area contributed by atoms with Crippen LogP contribution in [0.5, 0.6) is 0 Å². The summed E-state index contributed by atoms with van der Waals surface area (Å²) in [6, 6.07) is 16.2. The molecule has 24 heavy (non-hydrogen) atoms. The highest BCUT2D eigenvalue weighted by Gasteiger charge is 2.18. The molecule has 0 aliphatic heterocycles. The van der Waals surface area contributed by atoms with Crippen LogP contribution < -0.4 is 5.32 Å². The Labute approximate surface area is 141 Å². The zero-order valence-electron chi connectivity index (χ0n) is 13.6. The summed E-state index contributed by atoms with van der Waals surface area (Å²) in [4.78, 5) is 24.0. The fourth-order valence-electron chi connectivity index (χ4n) is 2.15. The van der Waals surface area contributed by atoms with Crippen molar-refractivity contribution in [2.75, 3.05) is 6.54 Å². The summed E-state index contributed by atoms with van der Waals surface area (Å²) in [5, 5.41) is 11.7. The lowest BCUT2D eigenvalue weighted by molar-refractivity contribution is -0.129. The van der Waals surface area contributed by atoms with E-state index in [1.165, 1.54) is 6.92 Å². The maximum atomic E-state index is 12.0. The Bertz CT molecular complexity index is 668. The Morgan fingerprint density at radius 2 is 1.71 bits per heavy atom. The van der Waals surface area contributed by atoms with Crippen LogP contribution in [0.4, 0.5) is 0 Å². The SMILES string of the molecule is C[C@@H](OC(=O)c1ccc(CO)cc1)C(=O)NCCc1ccccc1. The zero-order valence-corrected chi connectivity index (χ0v) is 13.6. The van der Waals surface area contributed by atoms with Crippen molar-refractivity contribution in [3.8, 4) is 0 Å². The molecule has 5 nitrogen and oxygen atoms in total. The molecular formula is C19H21NO4. The van der Waals surface area contributed by atoms with Gasteiger partial charge >= 0.3 is 5.97 Å². The van der Waals surface area contributed by atoms with Crippen LogP contribution in [-0.2, 0) is 22.6 Å². The molecule has 0 aromatic heterocycles. The number of ether oxygens (including phenoxy) is 1. The van der Waals surface area contributed by atoms with Crippen molar-refractivity contribution in [3.63, 3.8) is 0 Å². The molecule has 0 fully saturated rings. The smallest absolute Gasteiger partial charge is 0.338 e. The molecule has 2 aromatic rings. The molecule has 0 saturated carbocycles. The largest absolute Gasteiger partial charge is 0.449 e. The molecule has 0 radical (unpaired) electrons. The van der Waals surface area contributed by atoms with Crippen LogP contribution in [0.1, 0.15) is 28.4 Å². The molecule has 0 saturated heterocycles. The normalized spacial score (nSPS) is 11.6. The third-order valence-electron chi connectivity index (χ3n) is 3.58. The molecule has 0 unspecified atom stereocenters. The second-order valence-electron chi connectivity index (χ2n) is 5.43. The molecule has 0 spiro atoms. The predicted molar refractivity (Wildman–Crippen MR) is 90.4 cm³/mol. The van der Waals surface area contributed by atoms with Gasteiger partial charge in [0.2, 0.25) is 0 Å². The Morgan fingerprint density at radius 3 is 2.33 bits per heavy atom. The molecule has 1 atom stereocenters. The first-order chi connectivity index (χ1) is 11.6. The first-order valence-corrected chi connectivity index (χ1v) is 7.82. The van der Waals surface area contributed by atoms with Gasteiger partial charge in [-0.05, 0) is 36.6 Å². The number of esters is 1.